The fourth-order valence-electron chi connectivity index (χ4n) is 1.14. The molecule has 0 aromatic heterocycles. The average Bonchev–Trinajstić information content (AvgIpc) is 1.97. The van der Waals surface area contributed by atoms with Gasteiger partial charge in [0.05, 0.1) is 0 Å². The second-order valence-electron chi connectivity index (χ2n) is 2.76. The Kier molecular flexibility index (Phi) is 1.94. The van der Waals surface area contributed by atoms with Crippen molar-refractivity contribution in [1.82, 2.24) is 0 Å². The van der Waals surface area contributed by atoms with Gasteiger partial charge in [-0.3, -0.25) is 0 Å². The van der Waals surface area contributed by atoms with Crippen LogP contribution in [0.15, 0.2) is 6.07 Å². The fourth-order valence-corrected chi connectivity index (χ4v) is 1.14. The molecule has 0 N–H and O–H groups in total. The maximum Gasteiger partial charge on any atom is 0.131 e. The van der Waals surface area contributed by atoms with E-state index >= 15 is 0 Å². The molecule has 1 aromatic rings. The Morgan fingerprint density at radius 1 is 0.909 bits per heavy atom. The molecule has 1 rings (SSSR count). The minimum Gasteiger partial charge on any atom is -0.206 e. The first-order valence-electron chi connectivity index (χ1n) is 3.46. The molecule has 0 aliphatic heterocycles. The lowest BCUT2D eigenvalue weighted by Crippen LogP contribution is -1.95. The van der Waals surface area contributed by atoms with Crippen molar-refractivity contribution >= 4 is 0 Å². The molecule has 0 fully saturated rings. The Morgan fingerprint density at radius 2 is 1.27 bits per heavy atom. The van der Waals surface area contributed by atoms with Crippen LogP contribution in [0.4, 0.5) is 8.78 Å². The maximum atomic E-state index is 12.9. The van der Waals surface area contributed by atoms with Crippen LogP contribution in [0.3, 0.4) is 0 Å². The molecule has 11 heavy (non-hydrogen) atoms. The summed E-state index contributed by atoms with van der Waals surface area (Å²) < 4.78 is 25.9. The second kappa shape index (κ2) is 2.61. The fraction of sp³-hybridized carbons (Fsp3) is 0.333. The highest BCUT2D eigenvalue weighted by atomic mass is 19.1. The van der Waals surface area contributed by atoms with Crippen LogP contribution in [0, 0.1) is 32.4 Å². The first-order valence-corrected chi connectivity index (χ1v) is 3.46. The lowest BCUT2D eigenvalue weighted by Gasteiger charge is -2.04. The summed E-state index contributed by atoms with van der Waals surface area (Å²) >= 11 is 0. The summed E-state index contributed by atoms with van der Waals surface area (Å²) in [6, 6.07) is 1.51. The van der Waals surface area contributed by atoms with Gasteiger partial charge in [0.25, 0.3) is 0 Å². The van der Waals surface area contributed by atoms with E-state index in [1.165, 1.54) is 13.0 Å². The first kappa shape index (κ1) is 8.18. The van der Waals surface area contributed by atoms with E-state index in [0.717, 1.165) is 0 Å². The molecule has 0 saturated carbocycles. The van der Waals surface area contributed by atoms with Gasteiger partial charge in [0.2, 0.25) is 0 Å². The number of halogens is 2. The van der Waals surface area contributed by atoms with Gasteiger partial charge in [-0.05, 0) is 31.9 Å². The molecule has 0 spiro atoms. The highest BCUT2D eigenvalue weighted by molar-refractivity contribution is 5.31. The minimum absolute atomic E-state index is 0.113. The van der Waals surface area contributed by atoms with E-state index in [1.54, 1.807) is 13.8 Å². The summed E-state index contributed by atoms with van der Waals surface area (Å²) in [5.74, 6) is -0.874. The molecule has 0 aliphatic carbocycles. The van der Waals surface area contributed by atoms with Gasteiger partial charge < -0.3 is 0 Å². The summed E-state index contributed by atoms with van der Waals surface area (Å²) in [6.45, 7) is 4.72. The molecule has 0 heterocycles. The van der Waals surface area contributed by atoms with Crippen molar-refractivity contribution in [3.8, 4) is 0 Å². The lowest BCUT2D eigenvalue weighted by molar-refractivity contribution is 0.557. The van der Waals surface area contributed by atoms with Gasteiger partial charge in [0.1, 0.15) is 11.6 Å². The van der Waals surface area contributed by atoms with Crippen LogP contribution < -0.4 is 0 Å². The highest BCUT2D eigenvalue weighted by Gasteiger charge is 2.09. The highest BCUT2D eigenvalue weighted by Crippen LogP contribution is 2.18. The summed E-state index contributed by atoms with van der Waals surface area (Å²) in [5, 5.41) is 0. The van der Waals surface area contributed by atoms with E-state index in [4.69, 9.17) is 0 Å². The van der Waals surface area contributed by atoms with Gasteiger partial charge in [-0.15, -0.1) is 0 Å². The zero-order valence-corrected chi connectivity index (χ0v) is 6.83. The molecular formula is C9H10F2. The van der Waals surface area contributed by atoms with Crippen LogP contribution in [-0.4, -0.2) is 0 Å². The van der Waals surface area contributed by atoms with E-state index in [0.29, 0.717) is 11.1 Å². The lowest BCUT2D eigenvalue weighted by atomic mass is 10.1. The maximum absolute atomic E-state index is 12.9. The number of aryl methyl sites for hydroxylation is 2. The average molecular weight is 156 g/mol. The third-order valence-electron chi connectivity index (χ3n) is 1.78. The van der Waals surface area contributed by atoms with Crippen LogP contribution in [0.5, 0.6) is 0 Å². The topological polar surface area (TPSA) is 0 Å². The van der Waals surface area contributed by atoms with Crippen LogP contribution in [0.1, 0.15) is 16.7 Å². The number of hydrogen-bond acceptors (Lipinski definition) is 0. The van der Waals surface area contributed by atoms with E-state index in [1.807, 2.05) is 0 Å². The van der Waals surface area contributed by atoms with Crippen LogP contribution >= 0.6 is 0 Å². The molecule has 0 radical (unpaired) electrons. The van der Waals surface area contributed by atoms with Gasteiger partial charge >= 0.3 is 0 Å². The second-order valence-corrected chi connectivity index (χ2v) is 2.76. The van der Waals surface area contributed by atoms with E-state index in [-0.39, 0.29) is 5.56 Å². The zero-order chi connectivity index (χ0) is 8.59. The van der Waals surface area contributed by atoms with Crippen molar-refractivity contribution in [2.45, 2.75) is 20.8 Å². The Balaban J connectivity index is 3.46. The Labute approximate surface area is 64.9 Å². The Hall–Kier alpha value is -0.920. The monoisotopic (exact) mass is 156 g/mol. The molecule has 0 aliphatic rings. The van der Waals surface area contributed by atoms with Crippen molar-refractivity contribution in [2.75, 3.05) is 0 Å². The van der Waals surface area contributed by atoms with E-state index < -0.39 is 11.6 Å². The summed E-state index contributed by atoms with van der Waals surface area (Å²) in [7, 11) is 0. The number of benzene rings is 1. The molecule has 1 aromatic carbocycles. The SMILES string of the molecule is Cc1cc(C)c(F)c(C)c1F. The molecule has 0 unspecified atom stereocenters. The molecule has 0 atom stereocenters. The Bertz CT molecular complexity index is 264. The number of hydrogen-bond donors (Lipinski definition) is 0. The molecule has 0 bridgehead atoms. The third kappa shape index (κ3) is 1.25. The van der Waals surface area contributed by atoms with E-state index in [9.17, 15) is 8.78 Å². The summed E-state index contributed by atoms with van der Waals surface area (Å²) in [6.07, 6.45) is 0. The van der Waals surface area contributed by atoms with Crippen molar-refractivity contribution < 1.29 is 8.78 Å². The van der Waals surface area contributed by atoms with Gasteiger partial charge in [-0.2, -0.15) is 0 Å². The Morgan fingerprint density at radius 3 is 1.64 bits per heavy atom. The minimum atomic E-state index is -0.437. The predicted octanol–water partition coefficient (Wildman–Crippen LogP) is 2.89. The van der Waals surface area contributed by atoms with Crippen LogP contribution in [0.2, 0.25) is 0 Å². The number of rotatable bonds is 0. The van der Waals surface area contributed by atoms with Crippen molar-refractivity contribution in [3.05, 3.63) is 34.4 Å². The molecule has 0 saturated heterocycles. The normalized spacial score (nSPS) is 10.3. The van der Waals surface area contributed by atoms with Crippen molar-refractivity contribution in [1.29, 1.82) is 0 Å². The van der Waals surface area contributed by atoms with Crippen LogP contribution in [0.25, 0.3) is 0 Å². The predicted molar refractivity (Wildman–Crippen MR) is 40.6 cm³/mol. The smallest absolute Gasteiger partial charge is 0.131 e. The van der Waals surface area contributed by atoms with Crippen molar-refractivity contribution in [2.24, 2.45) is 0 Å². The van der Waals surface area contributed by atoms with Gasteiger partial charge in [0, 0.05) is 5.56 Å². The third-order valence-corrected chi connectivity index (χ3v) is 1.78. The van der Waals surface area contributed by atoms with Crippen molar-refractivity contribution in [3.63, 3.8) is 0 Å². The summed E-state index contributed by atoms with van der Waals surface area (Å²) in [5.41, 5.74) is 1.12. The molecule has 60 valence electrons. The van der Waals surface area contributed by atoms with Gasteiger partial charge in [-0.25, -0.2) is 8.78 Å². The van der Waals surface area contributed by atoms with Crippen LogP contribution in [-0.2, 0) is 0 Å². The summed E-state index contributed by atoms with van der Waals surface area (Å²) in [4.78, 5) is 0. The largest absolute Gasteiger partial charge is 0.206 e. The molecular weight excluding hydrogens is 146 g/mol. The quantitative estimate of drug-likeness (QED) is 0.541. The molecule has 2 heteroatoms. The van der Waals surface area contributed by atoms with E-state index in [2.05, 4.69) is 0 Å². The molecule has 0 nitrogen and oxygen atoms in total. The van der Waals surface area contributed by atoms with Gasteiger partial charge in [0.15, 0.2) is 0 Å². The zero-order valence-electron chi connectivity index (χ0n) is 6.83. The van der Waals surface area contributed by atoms with Gasteiger partial charge in [-0.1, -0.05) is 6.07 Å². The first-order chi connectivity index (χ1) is 5.04. The standard InChI is InChI=1S/C9H10F2/c1-5-4-6(2)9(11)7(3)8(5)10/h4H,1-3H3. The molecule has 0 amide bonds.